The molecule has 3 rings (SSSR count). The number of halogens is 1. The minimum atomic E-state index is -3.86. The van der Waals surface area contributed by atoms with Crippen molar-refractivity contribution in [3.63, 3.8) is 0 Å². The maximum absolute atomic E-state index is 13.2. The van der Waals surface area contributed by atoms with E-state index >= 15 is 0 Å². The third kappa shape index (κ3) is 3.63. The molecule has 0 spiro atoms. The molecule has 0 saturated carbocycles. The Kier molecular flexibility index (Phi) is 5.38. The van der Waals surface area contributed by atoms with Crippen molar-refractivity contribution in [2.75, 3.05) is 18.0 Å². The second-order valence-corrected chi connectivity index (χ2v) is 8.25. The number of hydrogen-bond acceptors (Lipinski definition) is 5. The normalized spacial score (nSPS) is 11.3. The molecular weight excluding hydrogens is 434 g/mol. The van der Waals surface area contributed by atoms with Crippen LogP contribution in [0.25, 0.3) is 11.0 Å². The molecule has 1 heterocycles. The molecule has 0 N–H and O–H groups in total. The summed E-state index contributed by atoms with van der Waals surface area (Å²) >= 11 is 3.29. The lowest BCUT2D eigenvalue weighted by atomic mass is 10.2. The second kappa shape index (κ2) is 7.58. The van der Waals surface area contributed by atoms with Gasteiger partial charge in [0.1, 0.15) is 16.2 Å². The van der Waals surface area contributed by atoms with Gasteiger partial charge >= 0.3 is 5.63 Å². The molecule has 0 unspecified atom stereocenters. The van der Waals surface area contributed by atoms with Crippen LogP contribution in [0.5, 0.6) is 5.75 Å². The van der Waals surface area contributed by atoms with Gasteiger partial charge in [0.2, 0.25) is 0 Å². The molecule has 0 aliphatic heterocycles. The van der Waals surface area contributed by atoms with Gasteiger partial charge in [-0.2, -0.15) is 0 Å². The maximum atomic E-state index is 13.2. The monoisotopic (exact) mass is 449 g/mol. The summed E-state index contributed by atoms with van der Waals surface area (Å²) in [4.78, 5) is 11.7. The van der Waals surface area contributed by atoms with Crippen LogP contribution in [0.4, 0.5) is 5.69 Å². The maximum Gasteiger partial charge on any atom is 0.339 e. The number of benzene rings is 2. The van der Waals surface area contributed by atoms with Crippen LogP contribution in [0, 0.1) is 0 Å². The fraction of sp³-hybridized carbons (Fsp3) is 0.105. The summed E-state index contributed by atoms with van der Waals surface area (Å²) in [6.07, 6.45) is 1.50. The first-order valence-electron chi connectivity index (χ1n) is 7.88. The van der Waals surface area contributed by atoms with E-state index in [0.717, 1.165) is 0 Å². The zero-order chi connectivity index (χ0) is 19.6. The Morgan fingerprint density at radius 2 is 1.96 bits per heavy atom. The van der Waals surface area contributed by atoms with Crippen LogP contribution in [-0.2, 0) is 10.0 Å². The van der Waals surface area contributed by atoms with Crippen LogP contribution in [0.2, 0.25) is 0 Å². The van der Waals surface area contributed by atoms with Crippen molar-refractivity contribution in [1.82, 2.24) is 0 Å². The third-order valence-corrected chi connectivity index (χ3v) is 6.70. The minimum absolute atomic E-state index is 0.0638. The lowest BCUT2D eigenvalue weighted by Gasteiger charge is -2.24. The van der Waals surface area contributed by atoms with Gasteiger partial charge in [-0.1, -0.05) is 18.2 Å². The number of methoxy groups -OCH3 is 1. The van der Waals surface area contributed by atoms with Crippen molar-refractivity contribution >= 4 is 42.6 Å². The highest BCUT2D eigenvalue weighted by molar-refractivity contribution is 9.10. The van der Waals surface area contributed by atoms with Gasteiger partial charge in [0.05, 0.1) is 30.8 Å². The van der Waals surface area contributed by atoms with Crippen LogP contribution >= 0.6 is 15.9 Å². The van der Waals surface area contributed by atoms with Crippen molar-refractivity contribution in [2.24, 2.45) is 0 Å². The smallest absolute Gasteiger partial charge is 0.339 e. The van der Waals surface area contributed by atoms with E-state index in [9.17, 15) is 13.2 Å². The molecule has 0 amide bonds. The second-order valence-electron chi connectivity index (χ2n) is 5.57. The Bertz CT molecular complexity index is 1170. The lowest BCUT2D eigenvalue weighted by Crippen LogP contribution is -2.31. The summed E-state index contributed by atoms with van der Waals surface area (Å²) in [7, 11) is -2.43. The van der Waals surface area contributed by atoms with Crippen molar-refractivity contribution in [1.29, 1.82) is 0 Å². The Balaban J connectivity index is 2.21. The highest BCUT2D eigenvalue weighted by Gasteiger charge is 2.26. The van der Waals surface area contributed by atoms with Gasteiger partial charge in [-0.15, -0.1) is 6.58 Å². The van der Waals surface area contributed by atoms with Gasteiger partial charge in [-0.3, -0.25) is 4.31 Å². The molecule has 1 aromatic heterocycles. The van der Waals surface area contributed by atoms with E-state index in [2.05, 4.69) is 22.5 Å². The predicted octanol–water partition coefficient (Wildman–Crippen LogP) is 3.95. The summed E-state index contributed by atoms with van der Waals surface area (Å²) in [5.74, 6) is 0.306. The van der Waals surface area contributed by atoms with Gasteiger partial charge in [0.25, 0.3) is 10.0 Å². The standard InChI is InChI=1S/C19H16BrNO5S/c1-3-10-21(27(23,24)18-7-5-4-6-15(18)20)13-8-9-16-14(11-13)17(25-2)12-19(22)26-16/h3-9,11-12H,1,10H2,2H3. The SMILES string of the molecule is C=CCN(c1ccc2oc(=O)cc(OC)c2c1)S(=O)(=O)c1ccccc1Br. The highest BCUT2D eigenvalue weighted by atomic mass is 79.9. The van der Waals surface area contributed by atoms with Crippen molar-refractivity contribution < 1.29 is 17.6 Å². The molecule has 0 atom stereocenters. The number of rotatable bonds is 6. The first kappa shape index (κ1) is 19.2. The Morgan fingerprint density at radius 3 is 2.63 bits per heavy atom. The molecule has 0 aliphatic carbocycles. The minimum Gasteiger partial charge on any atom is -0.496 e. The molecule has 0 radical (unpaired) electrons. The van der Waals surface area contributed by atoms with Gasteiger partial charge < -0.3 is 9.15 Å². The van der Waals surface area contributed by atoms with Crippen LogP contribution in [0.3, 0.4) is 0 Å². The summed E-state index contributed by atoms with van der Waals surface area (Å²) in [5.41, 5.74) is 0.154. The number of hydrogen-bond donors (Lipinski definition) is 0. The van der Waals surface area contributed by atoms with Crippen molar-refractivity contribution in [2.45, 2.75) is 4.90 Å². The molecule has 0 saturated heterocycles. The zero-order valence-corrected chi connectivity index (χ0v) is 16.8. The molecule has 0 fully saturated rings. The topological polar surface area (TPSA) is 76.8 Å². The Hall–Kier alpha value is -2.58. The van der Waals surface area contributed by atoms with E-state index in [0.29, 0.717) is 26.9 Å². The van der Waals surface area contributed by atoms with Crippen molar-refractivity contribution in [3.8, 4) is 5.75 Å². The van der Waals surface area contributed by atoms with E-state index in [-0.39, 0.29) is 11.4 Å². The van der Waals surface area contributed by atoms with Crippen LogP contribution < -0.4 is 14.7 Å². The average molecular weight is 450 g/mol. The van der Waals surface area contributed by atoms with Crippen LogP contribution in [0.1, 0.15) is 0 Å². The zero-order valence-electron chi connectivity index (χ0n) is 14.4. The van der Waals surface area contributed by atoms with Crippen molar-refractivity contribution in [3.05, 3.63) is 76.1 Å². The van der Waals surface area contributed by atoms with E-state index < -0.39 is 15.6 Å². The number of nitrogens with zero attached hydrogens (tertiary/aromatic N) is 1. The summed E-state index contributed by atoms with van der Waals surface area (Å²) in [5, 5.41) is 0.492. The van der Waals surface area contributed by atoms with Crippen LogP contribution in [0.15, 0.2) is 79.8 Å². The third-order valence-electron chi connectivity index (χ3n) is 3.90. The lowest BCUT2D eigenvalue weighted by molar-refractivity contribution is 0.413. The van der Waals surface area contributed by atoms with Gasteiger partial charge in [0.15, 0.2) is 0 Å². The molecule has 6 nitrogen and oxygen atoms in total. The molecule has 0 bridgehead atoms. The molecule has 8 heteroatoms. The van der Waals surface area contributed by atoms with Crippen LogP contribution in [-0.4, -0.2) is 22.1 Å². The fourth-order valence-corrected chi connectivity index (χ4v) is 5.07. The highest BCUT2D eigenvalue weighted by Crippen LogP contribution is 2.32. The largest absolute Gasteiger partial charge is 0.496 e. The number of sulfonamides is 1. The summed E-state index contributed by atoms with van der Waals surface area (Å²) < 4.78 is 38.5. The number of ether oxygens (including phenoxy) is 1. The molecule has 3 aromatic rings. The Morgan fingerprint density at radius 1 is 1.22 bits per heavy atom. The van der Waals surface area contributed by atoms with Gasteiger partial charge in [0, 0.05) is 4.47 Å². The molecule has 140 valence electrons. The molecule has 0 aliphatic rings. The van der Waals surface area contributed by atoms with E-state index in [1.807, 2.05) is 0 Å². The van der Waals surface area contributed by atoms with Gasteiger partial charge in [-0.25, -0.2) is 13.2 Å². The first-order chi connectivity index (χ1) is 12.9. The quantitative estimate of drug-likeness (QED) is 0.420. The molecule has 2 aromatic carbocycles. The summed E-state index contributed by atoms with van der Waals surface area (Å²) in [6.45, 7) is 3.72. The van der Waals surface area contributed by atoms with Gasteiger partial charge in [-0.05, 0) is 46.3 Å². The number of anilines is 1. The average Bonchev–Trinajstić information content (AvgIpc) is 2.65. The Labute approximate surface area is 164 Å². The predicted molar refractivity (Wildman–Crippen MR) is 108 cm³/mol. The van der Waals surface area contributed by atoms with E-state index in [1.54, 1.807) is 36.4 Å². The molecular formula is C19H16BrNO5S. The van der Waals surface area contributed by atoms with E-state index in [1.165, 1.54) is 29.6 Å². The first-order valence-corrected chi connectivity index (χ1v) is 10.1. The fourth-order valence-electron chi connectivity index (χ4n) is 2.68. The number of fused-ring (bicyclic) bond motifs is 1. The summed E-state index contributed by atoms with van der Waals surface area (Å²) in [6, 6.07) is 12.5. The molecule has 27 heavy (non-hydrogen) atoms. The van der Waals surface area contributed by atoms with E-state index in [4.69, 9.17) is 9.15 Å².